The van der Waals surface area contributed by atoms with Crippen LogP contribution in [-0.4, -0.2) is 36.2 Å². The summed E-state index contributed by atoms with van der Waals surface area (Å²) in [5.74, 6) is -0.111. The number of nitrogens with zero attached hydrogens (tertiary/aromatic N) is 1. The first kappa shape index (κ1) is 25.6. The van der Waals surface area contributed by atoms with Crippen LogP contribution in [0.2, 0.25) is 0 Å². The summed E-state index contributed by atoms with van der Waals surface area (Å²) < 4.78 is 5.31. The molecule has 1 aliphatic rings. The molecule has 2 aromatic rings. The molecule has 1 aliphatic heterocycles. The van der Waals surface area contributed by atoms with Crippen molar-refractivity contribution in [3.05, 3.63) is 54.4 Å². The van der Waals surface area contributed by atoms with Crippen molar-refractivity contribution in [1.82, 2.24) is 10.3 Å². The van der Waals surface area contributed by atoms with Gasteiger partial charge in [0.1, 0.15) is 0 Å². The van der Waals surface area contributed by atoms with E-state index in [0.717, 1.165) is 18.4 Å². The molecule has 1 aromatic carbocycles. The predicted molar refractivity (Wildman–Crippen MR) is 121 cm³/mol. The molecule has 0 aliphatic carbocycles. The minimum Gasteiger partial charge on any atom is -0.381 e. The molecule has 3 rings (SSSR count). The topological polar surface area (TPSA) is 118 Å². The second kappa shape index (κ2) is 13.0. The fraction of sp³-hybridized carbons (Fsp3) is 0.350. The number of benzene rings is 1. The standard InChI is InChI=1S/C20H25N5O3.2ClH/c21-18(15-6-10-28-11-7-15)19(26)24-16-2-1-3-17(12-16)25-20(27)23-13-14-4-8-22-9-5-14;;/h1-5,8-9,12,15,18H,6-7,10-11,13,21H2,(H,24,26)(H2,23,25,27);2*1H. The third-order valence-electron chi connectivity index (χ3n) is 4.67. The highest BCUT2D eigenvalue weighted by atomic mass is 35.5. The Morgan fingerprint density at radius 3 is 2.37 bits per heavy atom. The van der Waals surface area contributed by atoms with Gasteiger partial charge in [-0.3, -0.25) is 9.78 Å². The molecule has 0 saturated carbocycles. The number of carbonyl (C=O) groups excluding carboxylic acids is 2. The Morgan fingerprint density at radius 2 is 1.70 bits per heavy atom. The molecule has 3 amide bonds. The quantitative estimate of drug-likeness (QED) is 0.533. The molecule has 1 saturated heterocycles. The van der Waals surface area contributed by atoms with Crippen molar-refractivity contribution in [2.24, 2.45) is 11.7 Å². The zero-order valence-corrected chi connectivity index (χ0v) is 18.0. The van der Waals surface area contributed by atoms with Crippen LogP contribution in [0.15, 0.2) is 48.8 Å². The lowest BCUT2D eigenvalue weighted by Crippen LogP contribution is -2.44. The van der Waals surface area contributed by atoms with Crippen molar-refractivity contribution in [1.29, 1.82) is 0 Å². The number of hydrogen-bond acceptors (Lipinski definition) is 5. The molecule has 1 atom stereocenters. The van der Waals surface area contributed by atoms with Crippen LogP contribution in [-0.2, 0) is 16.1 Å². The summed E-state index contributed by atoms with van der Waals surface area (Å²) in [6.07, 6.45) is 4.92. The maximum Gasteiger partial charge on any atom is 0.319 e. The van der Waals surface area contributed by atoms with E-state index in [2.05, 4.69) is 20.9 Å². The zero-order valence-electron chi connectivity index (χ0n) is 16.4. The normalized spacial score (nSPS) is 14.4. The van der Waals surface area contributed by atoms with Gasteiger partial charge in [0, 0.05) is 43.5 Å². The van der Waals surface area contributed by atoms with Crippen LogP contribution in [0.25, 0.3) is 0 Å². The van der Waals surface area contributed by atoms with E-state index < -0.39 is 6.04 Å². The van der Waals surface area contributed by atoms with E-state index in [1.54, 1.807) is 36.7 Å². The molecule has 5 N–H and O–H groups in total. The lowest BCUT2D eigenvalue weighted by Gasteiger charge is -2.26. The smallest absolute Gasteiger partial charge is 0.319 e. The Labute approximate surface area is 188 Å². The van der Waals surface area contributed by atoms with Crippen molar-refractivity contribution >= 4 is 48.1 Å². The van der Waals surface area contributed by atoms with Crippen molar-refractivity contribution in [3.8, 4) is 0 Å². The maximum atomic E-state index is 12.4. The van der Waals surface area contributed by atoms with E-state index in [0.29, 0.717) is 31.1 Å². The van der Waals surface area contributed by atoms with Crippen molar-refractivity contribution in [2.75, 3.05) is 23.8 Å². The largest absolute Gasteiger partial charge is 0.381 e. The molecule has 1 fully saturated rings. The summed E-state index contributed by atoms with van der Waals surface area (Å²) in [5.41, 5.74) is 8.21. The van der Waals surface area contributed by atoms with E-state index >= 15 is 0 Å². The van der Waals surface area contributed by atoms with Crippen LogP contribution in [0.5, 0.6) is 0 Å². The molecular weight excluding hydrogens is 429 g/mol. The number of anilines is 2. The molecule has 1 aromatic heterocycles. The fourth-order valence-electron chi connectivity index (χ4n) is 3.05. The number of ether oxygens (including phenoxy) is 1. The van der Waals surface area contributed by atoms with Gasteiger partial charge >= 0.3 is 6.03 Å². The molecule has 0 bridgehead atoms. The monoisotopic (exact) mass is 455 g/mol. The highest BCUT2D eigenvalue weighted by Crippen LogP contribution is 2.20. The molecule has 2 heterocycles. The lowest BCUT2D eigenvalue weighted by molar-refractivity contribution is -0.119. The molecule has 164 valence electrons. The van der Waals surface area contributed by atoms with Gasteiger partial charge < -0.3 is 26.4 Å². The van der Waals surface area contributed by atoms with Gasteiger partial charge in [-0.05, 0) is 54.7 Å². The number of urea groups is 1. The van der Waals surface area contributed by atoms with E-state index in [-0.39, 0.29) is 42.7 Å². The zero-order chi connectivity index (χ0) is 19.8. The minimum atomic E-state index is -0.579. The number of nitrogens with one attached hydrogen (secondary N) is 3. The van der Waals surface area contributed by atoms with Crippen LogP contribution < -0.4 is 21.7 Å². The van der Waals surface area contributed by atoms with Gasteiger partial charge in [-0.1, -0.05) is 6.07 Å². The average molecular weight is 456 g/mol. The Kier molecular flexibility index (Phi) is 11.1. The highest BCUT2D eigenvalue weighted by molar-refractivity contribution is 5.96. The third-order valence-corrected chi connectivity index (χ3v) is 4.67. The average Bonchev–Trinajstić information content (AvgIpc) is 2.73. The number of nitrogens with two attached hydrogens (primary N) is 1. The summed E-state index contributed by atoms with van der Waals surface area (Å²) in [4.78, 5) is 28.4. The molecule has 8 nitrogen and oxygen atoms in total. The van der Waals surface area contributed by atoms with E-state index in [1.807, 2.05) is 12.1 Å². The van der Waals surface area contributed by atoms with Crippen molar-refractivity contribution in [2.45, 2.75) is 25.4 Å². The van der Waals surface area contributed by atoms with Gasteiger partial charge in [0.25, 0.3) is 0 Å². The number of pyridine rings is 1. The van der Waals surface area contributed by atoms with Gasteiger partial charge in [-0.2, -0.15) is 0 Å². The van der Waals surface area contributed by atoms with Crippen molar-refractivity contribution in [3.63, 3.8) is 0 Å². The summed E-state index contributed by atoms with van der Waals surface area (Å²) in [7, 11) is 0. The Hall–Kier alpha value is -2.39. The Bertz CT molecular complexity index is 804. The number of carbonyl (C=O) groups is 2. The van der Waals surface area contributed by atoms with Gasteiger partial charge in [-0.15, -0.1) is 24.8 Å². The SMILES string of the molecule is Cl.Cl.NC(C(=O)Nc1cccc(NC(=O)NCc2ccncc2)c1)C1CCOCC1. The summed E-state index contributed by atoms with van der Waals surface area (Å²) in [6, 6.07) is 9.71. The van der Waals surface area contributed by atoms with E-state index in [1.165, 1.54) is 0 Å². The van der Waals surface area contributed by atoms with E-state index in [9.17, 15) is 9.59 Å². The molecule has 30 heavy (non-hydrogen) atoms. The van der Waals surface area contributed by atoms with Crippen LogP contribution in [0.3, 0.4) is 0 Å². The maximum absolute atomic E-state index is 12.4. The predicted octanol–water partition coefficient (Wildman–Crippen LogP) is 2.94. The molecule has 10 heteroatoms. The molecule has 0 spiro atoms. The number of aromatic nitrogens is 1. The second-order valence-corrected chi connectivity index (χ2v) is 6.71. The Balaban J connectivity index is 0.00000225. The van der Waals surface area contributed by atoms with Gasteiger partial charge in [-0.25, -0.2) is 4.79 Å². The molecule has 0 radical (unpaired) electrons. The van der Waals surface area contributed by atoms with E-state index in [4.69, 9.17) is 10.5 Å². The Morgan fingerprint density at radius 1 is 1.07 bits per heavy atom. The molecule has 1 unspecified atom stereocenters. The van der Waals surface area contributed by atoms with Gasteiger partial charge in [0.05, 0.1) is 6.04 Å². The number of rotatable bonds is 6. The highest BCUT2D eigenvalue weighted by Gasteiger charge is 2.26. The first-order valence-corrected chi connectivity index (χ1v) is 9.30. The van der Waals surface area contributed by atoms with Gasteiger partial charge in [0.15, 0.2) is 0 Å². The summed E-state index contributed by atoms with van der Waals surface area (Å²) in [5, 5.41) is 8.35. The number of amides is 3. The molecular formula is C20H27Cl2N5O3. The number of hydrogen-bond donors (Lipinski definition) is 4. The van der Waals surface area contributed by atoms with Crippen LogP contribution in [0, 0.1) is 5.92 Å². The van der Waals surface area contributed by atoms with Crippen LogP contribution in [0.4, 0.5) is 16.2 Å². The first-order chi connectivity index (χ1) is 13.6. The lowest BCUT2D eigenvalue weighted by atomic mass is 9.92. The summed E-state index contributed by atoms with van der Waals surface area (Å²) in [6.45, 7) is 1.67. The van der Waals surface area contributed by atoms with Crippen LogP contribution in [0.1, 0.15) is 18.4 Å². The van der Waals surface area contributed by atoms with Crippen LogP contribution >= 0.6 is 24.8 Å². The fourth-order valence-corrected chi connectivity index (χ4v) is 3.05. The third kappa shape index (κ3) is 7.79. The minimum absolute atomic E-state index is 0. The summed E-state index contributed by atoms with van der Waals surface area (Å²) >= 11 is 0. The van der Waals surface area contributed by atoms with Gasteiger partial charge in [0.2, 0.25) is 5.91 Å². The first-order valence-electron chi connectivity index (χ1n) is 9.30. The second-order valence-electron chi connectivity index (χ2n) is 6.71. The number of halogens is 2. The van der Waals surface area contributed by atoms with Crippen molar-refractivity contribution < 1.29 is 14.3 Å².